The molecule has 1 N–H and O–H groups in total. The number of aromatic nitrogens is 1. The second kappa shape index (κ2) is 5.57. The van der Waals surface area contributed by atoms with E-state index in [1.54, 1.807) is 6.20 Å². The normalized spacial score (nSPS) is 18.9. The van der Waals surface area contributed by atoms with Crippen LogP contribution in [0.2, 0.25) is 0 Å². The monoisotopic (exact) mass is 256 g/mol. The van der Waals surface area contributed by atoms with Crippen molar-refractivity contribution in [1.82, 2.24) is 10.3 Å². The highest BCUT2D eigenvalue weighted by Gasteiger charge is 2.18. The van der Waals surface area contributed by atoms with Gasteiger partial charge in [-0.05, 0) is 37.3 Å². The third-order valence-electron chi connectivity index (χ3n) is 3.79. The summed E-state index contributed by atoms with van der Waals surface area (Å²) >= 11 is 0. The van der Waals surface area contributed by atoms with Crippen molar-refractivity contribution in [2.45, 2.75) is 45.2 Å². The Labute approximate surface area is 114 Å². The molecule has 0 amide bonds. The van der Waals surface area contributed by atoms with E-state index >= 15 is 0 Å². The van der Waals surface area contributed by atoms with E-state index in [0.29, 0.717) is 12.6 Å². The molecule has 2 aromatic rings. The van der Waals surface area contributed by atoms with Gasteiger partial charge < -0.3 is 9.73 Å². The Hall–Kier alpha value is -1.61. The summed E-state index contributed by atoms with van der Waals surface area (Å²) in [4.78, 5) is 4.25. The first-order valence-corrected chi connectivity index (χ1v) is 7.05. The number of nitrogens with one attached hydrogen (secondary N) is 1. The van der Waals surface area contributed by atoms with Gasteiger partial charge in [-0.25, -0.2) is 4.98 Å². The number of fused-ring (bicyclic) bond motifs is 1. The van der Waals surface area contributed by atoms with E-state index in [1.807, 2.05) is 6.92 Å². The molecule has 1 aliphatic rings. The molecule has 0 spiro atoms. The second-order valence-corrected chi connectivity index (χ2v) is 5.24. The maximum absolute atomic E-state index is 5.52. The molecular weight excluding hydrogens is 236 g/mol. The Balaban J connectivity index is 1.73. The van der Waals surface area contributed by atoms with Gasteiger partial charge in [0.25, 0.3) is 0 Å². The number of aryl methyl sites for hydroxylation is 2. The van der Waals surface area contributed by atoms with E-state index in [2.05, 4.69) is 34.6 Å². The van der Waals surface area contributed by atoms with Crippen LogP contribution in [0, 0.1) is 6.92 Å². The molecule has 3 heteroatoms. The van der Waals surface area contributed by atoms with Gasteiger partial charge in [0.05, 0.1) is 12.7 Å². The highest BCUT2D eigenvalue weighted by Crippen LogP contribution is 2.28. The van der Waals surface area contributed by atoms with Gasteiger partial charge in [-0.3, -0.25) is 0 Å². The number of hydrogen-bond acceptors (Lipinski definition) is 3. The first kappa shape index (κ1) is 12.4. The second-order valence-electron chi connectivity index (χ2n) is 5.24. The zero-order valence-electron chi connectivity index (χ0n) is 11.4. The first-order chi connectivity index (χ1) is 9.33. The molecule has 1 unspecified atom stereocenters. The summed E-state index contributed by atoms with van der Waals surface area (Å²) in [7, 11) is 0. The standard InChI is InChI=1S/C16H20N2O/c1-12-10-18-16(19-12)11-17-15-9-5-3-7-13-6-2-4-8-14(13)15/h2,4,6,8,10,15,17H,3,5,7,9,11H2,1H3. The molecular formula is C16H20N2O. The van der Waals surface area contributed by atoms with Crippen LogP contribution in [0.15, 0.2) is 34.9 Å². The summed E-state index contributed by atoms with van der Waals surface area (Å²) < 4.78 is 5.52. The van der Waals surface area contributed by atoms with Crippen LogP contribution in [0.4, 0.5) is 0 Å². The Kier molecular flexibility index (Phi) is 3.65. The van der Waals surface area contributed by atoms with Gasteiger partial charge in [0.2, 0.25) is 5.89 Å². The lowest BCUT2D eigenvalue weighted by Crippen LogP contribution is -2.21. The van der Waals surface area contributed by atoms with E-state index in [9.17, 15) is 0 Å². The first-order valence-electron chi connectivity index (χ1n) is 7.05. The summed E-state index contributed by atoms with van der Waals surface area (Å²) in [5, 5.41) is 3.59. The number of hydrogen-bond donors (Lipinski definition) is 1. The molecule has 0 aliphatic heterocycles. The molecule has 3 rings (SSSR count). The minimum Gasteiger partial charge on any atom is -0.445 e. The van der Waals surface area contributed by atoms with Crippen molar-refractivity contribution in [2.24, 2.45) is 0 Å². The molecule has 1 aromatic carbocycles. The van der Waals surface area contributed by atoms with Crippen LogP contribution in [0.1, 0.15) is 48.1 Å². The molecule has 0 radical (unpaired) electrons. The highest BCUT2D eigenvalue weighted by molar-refractivity contribution is 5.31. The number of rotatable bonds is 3. The summed E-state index contributed by atoms with van der Waals surface area (Å²) in [5.74, 6) is 1.65. The topological polar surface area (TPSA) is 38.1 Å². The van der Waals surface area contributed by atoms with Crippen LogP contribution < -0.4 is 5.32 Å². The van der Waals surface area contributed by atoms with E-state index < -0.39 is 0 Å². The summed E-state index contributed by atoms with van der Waals surface area (Å²) in [6.07, 6.45) is 6.73. The Morgan fingerprint density at radius 3 is 3.05 bits per heavy atom. The molecule has 0 fully saturated rings. The lowest BCUT2D eigenvalue weighted by molar-refractivity contribution is 0.412. The molecule has 1 aromatic heterocycles. The molecule has 1 aliphatic carbocycles. The van der Waals surface area contributed by atoms with Crippen molar-refractivity contribution in [2.75, 3.05) is 0 Å². The van der Waals surface area contributed by atoms with Crippen molar-refractivity contribution < 1.29 is 4.42 Å². The van der Waals surface area contributed by atoms with E-state index in [1.165, 1.54) is 36.8 Å². The quantitative estimate of drug-likeness (QED) is 0.854. The average molecular weight is 256 g/mol. The van der Waals surface area contributed by atoms with Gasteiger partial charge in [0.15, 0.2) is 0 Å². The summed E-state index contributed by atoms with van der Waals surface area (Å²) in [6.45, 7) is 2.63. The van der Waals surface area contributed by atoms with Gasteiger partial charge in [0, 0.05) is 6.04 Å². The molecule has 3 nitrogen and oxygen atoms in total. The highest BCUT2D eigenvalue weighted by atomic mass is 16.4. The van der Waals surface area contributed by atoms with Crippen molar-refractivity contribution >= 4 is 0 Å². The fourth-order valence-corrected chi connectivity index (χ4v) is 2.83. The lowest BCUT2D eigenvalue weighted by atomic mass is 9.99. The molecule has 1 heterocycles. The maximum atomic E-state index is 5.52. The zero-order valence-corrected chi connectivity index (χ0v) is 11.4. The summed E-state index contributed by atoms with van der Waals surface area (Å²) in [5.41, 5.74) is 2.93. The molecule has 0 bridgehead atoms. The third-order valence-corrected chi connectivity index (χ3v) is 3.79. The Morgan fingerprint density at radius 1 is 1.32 bits per heavy atom. The van der Waals surface area contributed by atoms with Crippen molar-refractivity contribution in [3.8, 4) is 0 Å². The smallest absolute Gasteiger partial charge is 0.208 e. The fraction of sp³-hybridized carbons (Fsp3) is 0.438. The SMILES string of the molecule is Cc1cnc(CNC2CCCCc3ccccc32)o1. The predicted molar refractivity (Wildman–Crippen MR) is 74.8 cm³/mol. The molecule has 1 atom stereocenters. The molecule has 100 valence electrons. The van der Waals surface area contributed by atoms with Crippen LogP contribution in [0.25, 0.3) is 0 Å². The lowest BCUT2D eigenvalue weighted by Gasteiger charge is -2.18. The van der Waals surface area contributed by atoms with Crippen LogP contribution in [-0.4, -0.2) is 4.98 Å². The van der Waals surface area contributed by atoms with Gasteiger partial charge >= 0.3 is 0 Å². The number of benzene rings is 1. The predicted octanol–water partition coefficient (Wildman–Crippen LogP) is 3.54. The van der Waals surface area contributed by atoms with Crippen LogP contribution >= 0.6 is 0 Å². The Bertz CT molecular complexity index is 547. The summed E-state index contributed by atoms with van der Waals surface area (Å²) in [6, 6.07) is 9.20. The van der Waals surface area contributed by atoms with Gasteiger partial charge in [-0.15, -0.1) is 0 Å². The van der Waals surface area contributed by atoms with E-state index in [4.69, 9.17) is 4.42 Å². The van der Waals surface area contributed by atoms with Crippen LogP contribution in [-0.2, 0) is 13.0 Å². The maximum Gasteiger partial charge on any atom is 0.208 e. The minimum atomic E-state index is 0.422. The largest absolute Gasteiger partial charge is 0.445 e. The van der Waals surface area contributed by atoms with E-state index in [0.717, 1.165) is 11.7 Å². The number of oxazole rings is 1. The van der Waals surface area contributed by atoms with Crippen LogP contribution in [0.5, 0.6) is 0 Å². The fourth-order valence-electron chi connectivity index (χ4n) is 2.83. The third kappa shape index (κ3) is 2.87. The number of nitrogens with zero attached hydrogens (tertiary/aromatic N) is 1. The zero-order chi connectivity index (χ0) is 13.1. The van der Waals surface area contributed by atoms with Gasteiger partial charge in [-0.2, -0.15) is 0 Å². The minimum absolute atomic E-state index is 0.422. The van der Waals surface area contributed by atoms with Gasteiger partial charge in [0.1, 0.15) is 5.76 Å². The van der Waals surface area contributed by atoms with Gasteiger partial charge in [-0.1, -0.05) is 30.7 Å². The molecule has 0 saturated heterocycles. The van der Waals surface area contributed by atoms with Crippen LogP contribution in [0.3, 0.4) is 0 Å². The van der Waals surface area contributed by atoms with Crippen molar-refractivity contribution in [1.29, 1.82) is 0 Å². The van der Waals surface area contributed by atoms with Crippen molar-refractivity contribution in [3.63, 3.8) is 0 Å². The molecule has 0 saturated carbocycles. The van der Waals surface area contributed by atoms with E-state index in [-0.39, 0.29) is 0 Å². The average Bonchev–Trinajstić information content (AvgIpc) is 2.73. The Morgan fingerprint density at radius 2 is 2.21 bits per heavy atom. The molecule has 19 heavy (non-hydrogen) atoms. The van der Waals surface area contributed by atoms with Crippen molar-refractivity contribution in [3.05, 3.63) is 53.2 Å².